The first-order valence-electron chi connectivity index (χ1n) is 6.65. The van der Waals surface area contributed by atoms with Gasteiger partial charge in [0.1, 0.15) is 11.7 Å². The number of rotatable bonds is 4. The Bertz CT molecular complexity index is 487. The van der Waals surface area contributed by atoms with Crippen LogP contribution in [-0.4, -0.2) is 39.9 Å². The van der Waals surface area contributed by atoms with Crippen molar-refractivity contribution in [3.63, 3.8) is 0 Å². The van der Waals surface area contributed by atoms with Gasteiger partial charge in [-0.1, -0.05) is 12.8 Å². The van der Waals surface area contributed by atoms with Crippen LogP contribution in [0.15, 0.2) is 0 Å². The fourth-order valence-corrected chi connectivity index (χ4v) is 3.11. The molecule has 1 saturated carbocycles. The summed E-state index contributed by atoms with van der Waals surface area (Å²) in [5, 5.41) is 22.5. The number of hydrogen-bond acceptors (Lipinski definition) is 4. The second kappa shape index (κ2) is 4.85. The molecule has 0 amide bonds. The van der Waals surface area contributed by atoms with Crippen LogP contribution >= 0.6 is 0 Å². The molecule has 106 valence electrons. The van der Waals surface area contributed by atoms with Crippen molar-refractivity contribution in [1.29, 1.82) is 5.41 Å². The van der Waals surface area contributed by atoms with E-state index in [9.17, 15) is 5.11 Å². The summed E-state index contributed by atoms with van der Waals surface area (Å²) in [5.74, 6) is 0.816. The lowest BCUT2D eigenvalue weighted by Crippen LogP contribution is -2.40. The topological polar surface area (TPSA) is 91.2 Å². The maximum absolute atomic E-state index is 10.5. The number of nitrogens with two attached hydrogens (primary N) is 1. The van der Waals surface area contributed by atoms with E-state index in [0.29, 0.717) is 12.1 Å². The summed E-state index contributed by atoms with van der Waals surface area (Å²) >= 11 is 0. The van der Waals surface area contributed by atoms with Gasteiger partial charge < -0.3 is 15.7 Å². The lowest BCUT2D eigenvalue weighted by Gasteiger charge is -2.30. The molecule has 2 rings (SSSR count). The van der Waals surface area contributed by atoms with Crippen LogP contribution in [0.5, 0.6) is 0 Å². The number of nitrogen functional groups attached to an aromatic ring is 1. The molecule has 4 N–H and O–H groups in total. The average molecular weight is 265 g/mol. The second-order valence-electron chi connectivity index (χ2n) is 5.61. The van der Waals surface area contributed by atoms with E-state index in [1.165, 1.54) is 0 Å². The number of aliphatic hydroxyl groups is 1. The van der Waals surface area contributed by atoms with Crippen molar-refractivity contribution in [2.75, 3.05) is 18.5 Å². The second-order valence-corrected chi connectivity index (χ2v) is 5.61. The minimum atomic E-state index is -0.624. The van der Waals surface area contributed by atoms with Crippen molar-refractivity contribution < 1.29 is 5.11 Å². The van der Waals surface area contributed by atoms with Crippen molar-refractivity contribution in [3.8, 4) is 0 Å². The van der Waals surface area contributed by atoms with Gasteiger partial charge in [-0.15, -0.1) is 0 Å². The van der Waals surface area contributed by atoms with E-state index >= 15 is 0 Å². The molecule has 0 aliphatic heterocycles. The van der Waals surface area contributed by atoms with Crippen LogP contribution in [0.3, 0.4) is 0 Å². The number of nitrogens with zero attached hydrogens (tertiary/aromatic N) is 3. The monoisotopic (exact) mass is 265 g/mol. The molecule has 1 aliphatic rings. The lowest BCUT2D eigenvalue weighted by molar-refractivity contribution is 0.0556. The SMILES string of the molecule is Cc1nn(C)c(N(C)CC2(O)CCCC2)c1C(=N)N. The molecule has 0 radical (unpaired) electrons. The van der Waals surface area contributed by atoms with Gasteiger partial charge in [-0.25, -0.2) is 0 Å². The van der Waals surface area contributed by atoms with Gasteiger partial charge in [0.2, 0.25) is 0 Å². The smallest absolute Gasteiger partial charge is 0.137 e. The Morgan fingerprint density at radius 2 is 2.11 bits per heavy atom. The van der Waals surface area contributed by atoms with Gasteiger partial charge >= 0.3 is 0 Å². The highest BCUT2D eigenvalue weighted by Gasteiger charge is 2.33. The molecular formula is C13H23N5O. The number of aryl methyl sites for hydroxylation is 2. The normalized spacial score (nSPS) is 17.7. The summed E-state index contributed by atoms with van der Waals surface area (Å²) in [6.07, 6.45) is 3.83. The summed E-state index contributed by atoms with van der Waals surface area (Å²) in [5.41, 5.74) is 6.43. The van der Waals surface area contributed by atoms with Crippen molar-refractivity contribution in [2.24, 2.45) is 12.8 Å². The zero-order valence-electron chi connectivity index (χ0n) is 11.9. The summed E-state index contributed by atoms with van der Waals surface area (Å²) in [4.78, 5) is 1.96. The molecule has 0 saturated heterocycles. The number of anilines is 1. The molecule has 1 fully saturated rings. The predicted octanol–water partition coefficient (Wildman–Crippen LogP) is 0.754. The number of amidine groups is 1. The van der Waals surface area contributed by atoms with E-state index in [0.717, 1.165) is 37.2 Å². The molecule has 0 bridgehead atoms. The van der Waals surface area contributed by atoms with Gasteiger partial charge in [0.25, 0.3) is 0 Å². The van der Waals surface area contributed by atoms with Gasteiger partial charge in [-0.2, -0.15) is 5.10 Å². The van der Waals surface area contributed by atoms with Crippen LogP contribution < -0.4 is 10.6 Å². The maximum Gasteiger partial charge on any atom is 0.137 e. The zero-order valence-corrected chi connectivity index (χ0v) is 11.9. The summed E-state index contributed by atoms with van der Waals surface area (Å²) in [6.45, 7) is 2.39. The van der Waals surface area contributed by atoms with Crippen molar-refractivity contribution in [2.45, 2.75) is 38.2 Å². The number of likely N-dealkylation sites (N-methyl/N-ethyl adjacent to an activating group) is 1. The molecule has 1 aromatic rings. The van der Waals surface area contributed by atoms with Gasteiger partial charge in [0.05, 0.1) is 16.9 Å². The molecule has 0 unspecified atom stereocenters. The highest BCUT2D eigenvalue weighted by Crippen LogP contribution is 2.32. The molecule has 1 aromatic heterocycles. The summed E-state index contributed by atoms with van der Waals surface area (Å²) < 4.78 is 1.73. The molecule has 1 aliphatic carbocycles. The average Bonchev–Trinajstić information content (AvgIpc) is 2.82. The van der Waals surface area contributed by atoms with Gasteiger partial charge in [-0.05, 0) is 19.8 Å². The molecule has 0 spiro atoms. The first-order chi connectivity index (χ1) is 8.84. The maximum atomic E-state index is 10.5. The standard InChI is InChI=1S/C13H23N5O/c1-9-10(11(14)15)12(18(3)16-9)17(2)8-13(19)6-4-5-7-13/h19H,4-8H2,1-3H3,(H3,14,15). The Hall–Kier alpha value is -1.56. The Balaban J connectivity index is 2.28. The largest absolute Gasteiger partial charge is 0.388 e. The van der Waals surface area contributed by atoms with Crippen LogP contribution in [0.1, 0.15) is 36.9 Å². The highest BCUT2D eigenvalue weighted by atomic mass is 16.3. The van der Waals surface area contributed by atoms with Crippen LogP contribution in [0, 0.1) is 12.3 Å². The van der Waals surface area contributed by atoms with Crippen molar-refractivity contribution >= 4 is 11.7 Å². The predicted molar refractivity (Wildman–Crippen MR) is 75.6 cm³/mol. The number of nitrogens with one attached hydrogen (secondary N) is 1. The Kier molecular flexibility index (Phi) is 3.54. The fraction of sp³-hybridized carbons (Fsp3) is 0.692. The van der Waals surface area contributed by atoms with E-state index in [1.807, 2.05) is 25.9 Å². The minimum absolute atomic E-state index is 0.0193. The van der Waals surface area contributed by atoms with Crippen molar-refractivity contribution in [3.05, 3.63) is 11.3 Å². The van der Waals surface area contributed by atoms with E-state index in [4.69, 9.17) is 11.1 Å². The third-order valence-electron chi connectivity index (χ3n) is 3.89. The van der Waals surface area contributed by atoms with Gasteiger partial charge in [-0.3, -0.25) is 10.1 Å². The van der Waals surface area contributed by atoms with Crippen LogP contribution in [0.4, 0.5) is 5.82 Å². The minimum Gasteiger partial charge on any atom is -0.388 e. The Labute approximate surface area is 113 Å². The van der Waals surface area contributed by atoms with Gasteiger partial charge in [0.15, 0.2) is 0 Å². The Morgan fingerprint density at radius 1 is 1.53 bits per heavy atom. The van der Waals surface area contributed by atoms with Gasteiger partial charge in [0, 0.05) is 20.6 Å². The van der Waals surface area contributed by atoms with E-state index in [2.05, 4.69) is 5.10 Å². The van der Waals surface area contributed by atoms with Crippen LogP contribution in [0.25, 0.3) is 0 Å². The third kappa shape index (κ3) is 2.58. The molecule has 0 aromatic carbocycles. The fourth-order valence-electron chi connectivity index (χ4n) is 3.11. The zero-order chi connectivity index (χ0) is 14.2. The quantitative estimate of drug-likeness (QED) is 0.553. The molecular weight excluding hydrogens is 242 g/mol. The molecule has 19 heavy (non-hydrogen) atoms. The van der Waals surface area contributed by atoms with Crippen molar-refractivity contribution in [1.82, 2.24) is 9.78 Å². The number of hydrogen-bond donors (Lipinski definition) is 3. The highest BCUT2D eigenvalue weighted by molar-refractivity contribution is 6.00. The first kappa shape index (κ1) is 13.9. The first-order valence-corrected chi connectivity index (χ1v) is 6.65. The Morgan fingerprint density at radius 3 is 2.63 bits per heavy atom. The third-order valence-corrected chi connectivity index (χ3v) is 3.89. The molecule has 6 heteroatoms. The lowest BCUT2D eigenvalue weighted by atomic mass is 10.0. The van der Waals surface area contributed by atoms with Crippen LogP contribution in [-0.2, 0) is 7.05 Å². The van der Waals surface area contributed by atoms with E-state index < -0.39 is 5.60 Å². The molecule has 0 atom stereocenters. The van der Waals surface area contributed by atoms with E-state index in [-0.39, 0.29) is 5.84 Å². The summed E-state index contributed by atoms with van der Waals surface area (Å²) in [7, 11) is 3.75. The van der Waals surface area contributed by atoms with E-state index in [1.54, 1.807) is 4.68 Å². The molecule has 6 nitrogen and oxygen atoms in total. The number of aromatic nitrogens is 2. The van der Waals surface area contributed by atoms with Crippen LogP contribution in [0.2, 0.25) is 0 Å². The molecule has 1 heterocycles. The summed E-state index contributed by atoms with van der Waals surface area (Å²) in [6, 6.07) is 0.